The highest BCUT2D eigenvalue weighted by Gasteiger charge is 2.16. The van der Waals surface area contributed by atoms with Gasteiger partial charge in [0.15, 0.2) is 5.82 Å². The zero-order chi connectivity index (χ0) is 13.4. The lowest BCUT2D eigenvalue weighted by molar-refractivity contribution is 0.425. The second kappa shape index (κ2) is 4.51. The molecule has 0 unspecified atom stereocenters. The van der Waals surface area contributed by atoms with E-state index in [2.05, 4.69) is 31.1 Å². The maximum absolute atomic E-state index is 9.86. The molecule has 1 N–H and O–H groups in total. The van der Waals surface area contributed by atoms with Crippen molar-refractivity contribution in [1.29, 1.82) is 0 Å². The van der Waals surface area contributed by atoms with Gasteiger partial charge in [0.25, 0.3) is 5.89 Å². The molecule has 0 bridgehead atoms. The van der Waals surface area contributed by atoms with Gasteiger partial charge < -0.3 is 14.2 Å². The van der Waals surface area contributed by atoms with Crippen LogP contribution in [-0.2, 0) is 7.05 Å². The first kappa shape index (κ1) is 11.9. The van der Waals surface area contributed by atoms with E-state index in [1.807, 2.05) is 7.05 Å². The Hall–Kier alpha value is -2.15. The van der Waals surface area contributed by atoms with Crippen LogP contribution in [0.1, 0.15) is 0 Å². The van der Waals surface area contributed by atoms with Crippen LogP contribution in [0.3, 0.4) is 0 Å². The number of phenolic OH excluding ortho intramolecular Hbond substituents is 1. The van der Waals surface area contributed by atoms with Gasteiger partial charge in [-0.2, -0.15) is 4.98 Å². The fourth-order valence-corrected chi connectivity index (χ4v) is 2.04. The summed E-state index contributed by atoms with van der Waals surface area (Å²) in [5.41, 5.74) is 0.483. The van der Waals surface area contributed by atoms with Crippen LogP contribution in [0.5, 0.6) is 5.75 Å². The molecule has 0 radical (unpaired) electrons. The van der Waals surface area contributed by atoms with E-state index < -0.39 is 0 Å². The summed E-state index contributed by atoms with van der Waals surface area (Å²) in [5, 5.41) is 13.7. The molecule has 3 rings (SSSR count). The Balaban J connectivity index is 2.04. The van der Waals surface area contributed by atoms with E-state index in [1.54, 1.807) is 35.2 Å². The van der Waals surface area contributed by atoms with Gasteiger partial charge in [-0.05, 0) is 18.2 Å². The van der Waals surface area contributed by atoms with Gasteiger partial charge in [0.05, 0.1) is 5.56 Å². The summed E-state index contributed by atoms with van der Waals surface area (Å²) in [6.45, 7) is 0. The first-order chi connectivity index (χ1) is 9.15. The van der Waals surface area contributed by atoms with E-state index in [4.69, 9.17) is 4.52 Å². The smallest absolute Gasteiger partial charge is 0.262 e. The number of nitrogens with zero attached hydrogens (tertiary/aromatic N) is 4. The van der Waals surface area contributed by atoms with Crippen LogP contribution >= 0.6 is 15.9 Å². The minimum Gasteiger partial charge on any atom is -0.507 e. The zero-order valence-electron chi connectivity index (χ0n) is 9.91. The number of imidazole rings is 1. The van der Waals surface area contributed by atoms with Gasteiger partial charge in [0, 0.05) is 23.9 Å². The summed E-state index contributed by atoms with van der Waals surface area (Å²) in [6, 6.07) is 5.06. The quantitative estimate of drug-likeness (QED) is 0.785. The Kier molecular flexibility index (Phi) is 2.83. The molecular weight excluding hydrogens is 312 g/mol. The van der Waals surface area contributed by atoms with Gasteiger partial charge in [-0.1, -0.05) is 21.1 Å². The van der Waals surface area contributed by atoms with Crippen LogP contribution in [0.4, 0.5) is 0 Å². The number of halogens is 1. The van der Waals surface area contributed by atoms with Gasteiger partial charge in [-0.25, -0.2) is 4.98 Å². The maximum atomic E-state index is 9.86. The Morgan fingerprint density at radius 1 is 1.37 bits per heavy atom. The molecule has 0 aliphatic heterocycles. The third-order valence-electron chi connectivity index (χ3n) is 2.64. The number of benzene rings is 1. The second-order valence-electron chi connectivity index (χ2n) is 3.95. The standard InChI is InChI=1S/C12H9BrN4O2/c1-17-5-4-14-11(17)10-15-12(19-16-10)8-3-2-7(13)6-9(8)18/h2-6,18H,1H3. The van der Waals surface area contributed by atoms with Gasteiger partial charge in [0.2, 0.25) is 5.82 Å². The number of phenols is 1. The summed E-state index contributed by atoms with van der Waals surface area (Å²) in [5.74, 6) is 1.31. The highest BCUT2D eigenvalue weighted by atomic mass is 79.9. The average molecular weight is 321 g/mol. The van der Waals surface area contributed by atoms with Crippen molar-refractivity contribution < 1.29 is 9.63 Å². The molecule has 0 atom stereocenters. The molecule has 0 amide bonds. The highest BCUT2D eigenvalue weighted by molar-refractivity contribution is 9.10. The summed E-state index contributed by atoms with van der Waals surface area (Å²) in [7, 11) is 1.84. The monoisotopic (exact) mass is 320 g/mol. The van der Waals surface area contributed by atoms with Crippen molar-refractivity contribution in [2.24, 2.45) is 7.05 Å². The van der Waals surface area contributed by atoms with Gasteiger partial charge in [0.1, 0.15) is 5.75 Å². The Bertz CT molecular complexity index is 735. The third-order valence-corrected chi connectivity index (χ3v) is 3.13. The molecule has 1 aromatic carbocycles. The Morgan fingerprint density at radius 2 is 2.21 bits per heavy atom. The molecule has 0 aliphatic carbocycles. The number of aromatic hydroxyl groups is 1. The van der Waals surface area contributed by atoms with Crippen molar-refractivity contribution in [3.63, 3.8) is 0 Å². The molecular formula is C12H9BrN4O2. The molecule has 7 heteroatoms. The molecule has 96 valence electrons. The molecule has 19 heavy (non-hydrogen) atoms. The van der Waals surface area contributed by atoms with Crippen molar-refractivity contribution in [1.82, 2.24) is 19.7 Å². The molecule has 2 heterocycles. The van der Waals surface area contributed by atoms with Crippen molar-refractivity contribution in [3.8, 4) is 28.9 Å². The highest BCUT2D eigenvalue weighted by Crippen LogP contribution is 2.31. The molecule has 0 spiro atoms. The second-order valence-corrected chi connectivity index (χ2v) is 4.86. The minimum absolute atomic E-state index is 0.0735. The molecule has 2 aromatic heterocycles. The first-order valence-corrected chi connectivity index (χ1v) is 6.25. The van der Waals surface area contributed by atoms with Crippen molar-refractivity contribution in [3.05, 3.63) is 35.1 Å². The van der Waals surface area contributed by atoms with Crippen LogP contribution < -0.4 is 0 Å². The van der Waals surface area contributed by atoms with Crippen molar-refractivity contribution in [2.75, 3.05) is 0 Å². The third kappa shape index (κ3) is 2.12. The normalized spacial score (nSPS) is 10.8. The SMILES string of the molecule is Cn1ccnc1-c1noc(-c2ccc(Br)cc2O)n1. The van der Waals surface area contributed by atoms with E-state index in [-0.39, 0.29) is 11.6 Å². The zero-order valence-corrected chi connectivity index (χ0v) is 11.5. The molecule has 6 nitrogen and oxygen atoms in total. The van der Waals surface area contributed by atoms with Gasteiger partial charge in [-0.3, -0.25) is 0 Å². The topological polar surface area (TPSA) is 77.0 Å². The van der Waals surface area contributed by atoms with Crippen LogP contribution in [-0.4, -0.2) is 24.8 Å². The number of aromatic nitrogens is 4. The average Bonchev–Trinajstić information content (AvgIpc) is 2.97. The van der Waals surface area contributed by atoms with Crippen LogP contribution in [0.2, 0.25) is 0 Å². The molecule has 0 saturated carbocycles. The van der Waals surface area contributed by atoms with Crippen LogP contribution in [0.15, 0.2) is 39.6 Å². The lowest BCUT2D eigenvalue weighted by atomic mass is 10.2. The van der Waals surface area contributed by atoms with Crippen molar-refractivity contribution >= 4 is 15.9 Å². The maximum Gasteiger partial charge on any atom is 0.262 e. The molecule has 0 fully saturated rings. The van der Waals surface area contributed by atoms with E-state index >= 15 is 0 Å². The fraction of sp³-hybridized carbons (Fsp3) is 0.0833. The van der Waals surface area contributed by atoms with E-state index in [1.165, 1.54) is 0 Å². The summed E-state index contributed by atoms with van der Waals surface area (Å²) in [4.78, 5) is 8.38. The predicted octanol–water partition coefficient (Wildman–Crippen LogP) is 2.61. The Labute approximate surface area is 116 Å². The van der Waals surface area contributed by atoms with E-state index in [0.717, 1.165) is 4.47 Å². The molecule has 0 aliphatic rings. The number of hydrogen-bond acceptors (Lipinski definition) is 5. The van der Waals surface area contributed by atoms with E-state index in [9.17, 15) is 5.11 Å². The number of hydrogen-bond donors (Lipinski definition) is 1. The van der Waals surface area contributed by atoms with Crippen molar-refractivity contribution in [2.45, 2.75) is 0 Å². The van der Waals surface area contributed by atoms with Crippen LogP contribution in [0.25, 0.3) is 23.1 Å². The van der Waals surface area contributed by atoms with E-state index in [0.29, 0.717) is 17.2 Å². The van der Waals surface area contributed by atoms with Gasteiger partial charge >= 0.3 is 0 Å². The lowest BCUT2D eigenvalue weighted by Gasteiger charge is -1.99. The fourth-order valence-electron chi connectivity index (χ4n) is 1.69. The number of aryl methyl sites for hydroxylation is 1. The summed E-state index contributed by atoms with van der Waals surface area (Å²) < 4.78 is 7.72. The van der Waals surface area contributed by atoms with Crippen LogP contribution in [0, 0.1) is 0 Å². The Morgan fingerprint density at radius 3 is 2.89 bits per heavy atom. The molecule has 3 aromatic rings. The first-order valence-electron chi connectivity index (χ1n) is 5.45. The molecule has 0 saturated heterocycles. The summed E-state index contributed by atoms with van der Waals surface area (Å²) in [6.07, 6.45) is 3.45. The minimum atomic E-state index is 0.0735. The number of rotatable bonds is 2. The van der Waals surface area contributed by atoms with Gasteiger partial charge in [-0.15, -0.1) is 0 Å². The predicted molar refractivity (Wildman–Crippen MR) is 71.3 cm³/mol. The lowest BCUT2D eigenvalue weighted by Crippen LogP contribution is -1.92. The summed E-state index contributed by atoms with van der Waals surface area (Å²) >= 11 is 3.28. The largest absolute Gasteiger partial charge is 0.507 e.